The normalized spacial score (nSPS) is 19.0. The molecular formula is C16H21N3O3S. The van der Waals surface area contributed by atoms with Crippen LogP contribution in [0.4, 0.5) is 0 Å². The minimum atomic E-state index is -0.0365. The number of carbonyl (C=O) groups excluding carboxylic acids is 1. The molecular weight excluding hydrogens is 314 g/mol. The molecule has 0 radical (unpaired) electrons. The van der Waals surface area contributed by atoms with E-state index in [0.29, 0.717) is 26.2 Å². The van der Waals surface area contributed by atoms with Crippen molar-refractivity contribution in [3.8, 4) is 0 Å². The minimum absolute atomic E-state index is 0.0365. The fourth-order valence-electron chi connectivity index (χ4n) is 2.55. The van der Waals surface area contributed by atoms with Crippen LogP contribution in [0, 0.1) is 6.92 Å². The Kier molecular flexibility index (Phi) is 5.09. The van der Waals surface area contributed by atoms with E-state index in [4.69, 9.17) is 9.15 Å². The highest BCUT2D eigenvalue weighted by molar-refractivity contribution is 7.09. The molecule has 0 N–H and O–H groups in total. The van der Waals surface area contributed by atoms with Crippen molar-refractivity contribution in [2.75, 3.05) is 33.3 Å². The summed E-state index contributed by atoms with van der Waals surface area (Å²) >= 11 is 1.62. The van der Waals surface area contributed by atoms with E-state index < -0.39 is 0 Å². The summed E-state index contributed by atoms with van der Waals surface area (Å²) in [5.41, 5.74) is 1.01. The molecule has 1 fully saturated rings. The summed E-state index contributed by atoms with van der Waals surface area (Å²) in [5, 5.41) is 3.02. The predicted octanol–water partition coefficient (Wildman–Crippen LogP) is 2.08. The highest BCUT2D eigenvalue weighted by Gasteiger charge is 2.26. The summed E-state index contributed by atoms with van der Waals surface area (Å²) in [6.45, 7) is 4.95. The number of furan rings is 1. The van der Waals surface area contributed by atoms with Crippen LogP contribution in [0.1, 0.15) is 22.6 Å². The largest absolute Gasteiger partial charge is 0.467 e. The van der Waals surface area contributed by atoms with Gasteiger partial charge < -0.3 is 14.1 Å². The average molecular weight is 335 g/mol. The first-order valence-electron chi connectivity index (χ1n) is 7.64. The molecule has 0 aromatic carbocycles. The minimum Gasteiger partial charge on any atom is -0.467 e. The number of aryl methyl sites for hydroxylation is 1. The Labute approximate surface area is 139 Å². The Bertz CT molecular complexity index is 641. The van der Waals surface area contributed by atoms with Crippen molar-refractivity contribution in [3.63, 3.8) is 0 Å². The van der Waals surface area contributed by atoms with Crippen LogP contribution >= 0.6 is 11.3 Å². The Hall–Kier alpha value is -1.70. The number of aromatic nitrogens is 1. The maximum absolute atomic E-state index is 12.4. The van der Waals surface area contributed by atoms with Crippen LogP contribution < -0.4 is 0 Å². The van der Waals surface area contributed by atoms with Gasteiger partial charge in [-0.25, -0.2) is 4.98 Å². The molecule has 23 heavy (non-hydrogen) atoms. The van der Waals surface area contributed by atoms with E-state index in [9.17, 15) is 4.79 Å². The van der Waals surface area contributed by atoms with Gasteiger partial charge in [-0.3, -0.25) is 9.69 Å². The molecule has 0 unspecified atom stereocenters. The number of carbonyl (C=O) groups is 1. The van der Waals surface area contributed by atoms with Gasteiger partial charge >= 0.3 is 0 Å². The molecule has 7 heteroatoms. The maximum Gasteiger partial charge on any atom is 0.236 e. The van der Waals surface area contributed by atoms with Gasteiger partial charge in [-0.15, -0.1) is 11.3 Å². The van der Waals surface area contributed by atoms with Gasteiger partial charge in [-0.2, -0.15) is 0 Å². The van der Waals surface area contributed by atoms with Crippen LogP contribution in [0.3, 0.4) is 0 Å². The first-order valence-corrected chi connectivity index (χ1v) is 8.52. The topological polar surface area (TPSA) is 58.8 Å². The van der Waals surface area contributed by atoms with E-state index in [1.54, 1.807) is 29.5 Å². The lowest BCUT2D eigenvalue weighted by atomic mass is 10.2. The highest BCUT2D eigenvalue weighted by atomic mass is 32.1. The number of amides is 1. The van der Waals surface area contributed by atoms with Gasteiger partial charge in [-0.1, -0.05) is 0 Å². The zero-order valence-electron chi connectivity index (χ0n) is 13.4. The molecule has 3 rings (SSSR count). The van der Waals surface area contributed by atoms with E-state index >= 15 is 0 Å². The van der Waals surface area contributed by atoms with E-state index in [2.05, 4.69) is 9.88 Å². The third kappa shape index (κ3) is 4.19. The summed E-state index contributed by atoms with van der Waals surface area (Å²) in [6.07, 6.45) is 1.58. The number of ether oxygens (including phenoxy) is 1. The molecule has 0 bridgehead atoms. The molecule has 1 saturated heterocycles. The van der Waals surface area contributed by atoms with Crippen LogP contribution in [0.25, 0.3) is 0 Å². The number of nitrogens with zero attached hydrogens (tertiary/aromatic N) is 3. The van der Waals surface area contributed by atoms with Crippen molar-refractivity contribution in [3.05, 3.63) is 40.2 Å². The molecule has 124 valence electrons. The number of thiazole rings is 1. The molecule has 3 heterocycles. The Morgan fingerprint density at radius 3 is 3.13 bits per heavy atom. The van der Waals surface area contributed by atoms with Gasteiger partial charge in [0, 0.05) is 31.2 Å². The van der Waals surface area contributed by atoms with Crippen LogP contribution in [0.15, 0.2) is 28.2 Å². The SMILES string of the molecule is Cc1csc([C@H]2CN(CC(=O)N(C)Cc3ccco3)CCO2)n1. The highest BCUT2D eigenvalue weighted by Crippen LogP contribution is 2.25. The van der Waals surface area contributed by atoms with Gasteiger partial charge in [0.15, 0.2) is 0 Å². The van der Waals surface area contributed by atoms with Crippen LogP contribution in [0.5, 0.6) is 0 Å². The van der Waals surface area contributed by atoms with E-state index in [1.165, 1.54) is 0 Å². The lowest BCUT2D eigenvalue weighted by Gasteiger charge is -2.32. The average Bonchev–Trinajstić information content (AvgIpc) is 3.19. The number of likely N-dealkylation sites (N-methyl/N-ethyl adjacent to an activating group) is 1. The summed E-state index contributed by atoms with van der Waals surface area (Å²) in [6, 6.07) is 3.70. The zero-order chi connectivity index (χ0) is 16.2. The Morgan fingerprint density at radius 1 is 1.57 bits per heavy atom. The lowest BCUT2D eigenvalue weighted by Crippen LogP contribution is -2.44. The smallest absolute Gasteiger partial charge is 0.236 e. The Morgan fingerprint density at radius 2 is 2.43 bits per heavy atom. The standard InChI is InChI=1S/C16H21N3O3S/c1-12-11-23-16(17-12)14-9-19(5-7-22-14)10-15(20)18(2)8-13-4-3-6-21-13/h3-4,6,11,14H,5,7-10H2,1-2H3/t14-/m1/s1. The van der Waals surface area contributed by atoms with Crippen LogP contribution in [0.2, 0.25) is 0 Å². The molecule has 1 atom stereocenters. The molecule has 1 aliphatic heterocycles. The summed E-state index contributed by atoms with van der Waals surface area (Å²) in [7, 11) is 1.80. The van der Waals surface area contributed by atoms with Gasteiger partial charge in [0.25, 0.3) is 0 Å². The third-order valence-corrected chi connectivity index (χ3v) is 4.88. The molecule has 2 aromatic heterocycles. The van der Waals surface area contributed by atoms with Gasteiger partial charge in [0.2, 0.25) is 5.91 Å². The van der Waals surface area contributed by atoms with Crippen molar-refractivity contribution >= 4 is 17.2 Å². The first kappa shape index (κ1) is 16.2. The maximum atomic E-state index is 12.4. The molecule has 0 saturated carbocycles. The van der Waals surface area contributed by atoms with Crippen molar-refractivity contribution < 1.29 is 13.9 Å². The van der Waals surface area contributed by atoms with Crippen molar-refractivity contribution in [1.29, 1.82) is 0 Å². The number of hydrogen-bond acceptors (Lipinski definition) is 6. The fraction of sp³-hybridized carbons (Fsp3) is 0.500. The molecule has 1 amide bonds. The first-order chi connectivity index (χ1) is 11.1. The van der Waals surface area contributed by atoms with E-state index in [0.717, 1.165) is 23.0 Å². The van der Waals surface area contributed by atoms with Crippen molar-refractivity contribution in [2.24, 2.45) is 0 Å². The van der Waals surface area contributed by atoms with Gasteiger partial charge in [-0.05, 0) is 19.1 Å². The number of hydrogen-bond donors (Lipinski definition) is 0. The second kappa shape index (κ2) is 7.25. The van der Waals surface area contributed by atoms with E-state index in [-0.39, 0.29) is 12.0 Å². The number of rotatable bonds is 5. The second-order valence-electron chi connectivity index (χ2n) is 5.75. The predicted molar refractivity (Wildman–Crippen MR) is 87.2 cm³/mol. The summed E-state index contributed by atoms with van der Waals surface area (Å²) < 4.78 is 11.1. The van der Waals surface area contributed by atoms with Gasteiger partial charge in [0.05, 0.1) is 26.0 Å². The lowest BCUT2D eigenvalue weighted by molar-refractivity contribution is -0.134. The molecule has 2 aromatic rings. The van der Waals surface area contributed by atoms with E-state index in [1.807, 2.05) is 24.4 Å². The Balaban J connectivity index is 1.53. The molecule has 1 aliphatic rings. The van der Waals surface area contributed by atoms with Crippen molar-refractivity contribution in [1.82, 2.24) is 14.8 Å². The molecule has 0 aliphatic carbocycles. The van der Waals surface area contributed by atoms with Crippen LogP contribution in [-0.4, -0.2) is 54.0 Å². The molecule has 6 nitrogen and oxygen atoms in total. The quantitative estimate of drug-likeness (QED) is 0.837. The third-order valence-electron chi connectivity index (χ3n) is 3.82. The number of morpholine rings is 1. The van der Waals surface area contributed by atoms with Crippen LogP contribution in [-0.2, 0) is 16.1 Å². The summed E-state index contributed by atoms with van der Waals surface area (Å²) in [4.78, 5) is 20.7. The fourth-order valence-corrected chi connectivity index (χ4v) is 3.39. The summed E-state index contributed by atoms with van der Waals surface area (Å²) in [5.74, 6) is 0.872. The second-order valence-corrected chi connectivity index (χ2v) is 6.64. The zero-order valence-corrected chi connectivity index (χ0v) is 14.2. The monoisotopic (exact) mass is 335 g/mol. The van der Waals surface area contributed by atoms with Gasteiger partial charge in [0.1, 0.15) is 16.9 Å². The van der Waals surface area contributed by atoms with Crippen molar-refractivity contribution in [2.45, 2.75) is 19.6 Å². The molecule has 0 spiro atoms.